The van der Waals surface area contributed by atoms with Crippen LogP contribution < -0.4 is 10.1 Å². The average molecular weight is 402 g/mol. The molecular weight excluding hydrogens is 384 g/mol. The number of nitrogens with zero attached hydrogens (tertiary/aromatic N) is 3. The van der Waals surface area contributed by atoms with Crippen LogP contribution in [0.2, 0.25) is 0 Å². The molecule has 1 aliphatic heterocycles. The van der Waals surface area contributed by atoms with Crippen molar-refractivity contribution in [1.82, 2.24) is 9.80 Å². The maximum absolute atomic E-state index is 12.4. The minimum atomic E-state index is -0.949. The molecule has 0 aliphatic carbocycles. The van der Waals surface area contributed by atoms with Crippen molar-refractivity contribution in [2.75, 3.05) is 38.6 Å². The first kappa shape index (κ1) is 19.9. The Hall–Kier alpha value is -3.89. The Balaban J connectivity index is 1.61. The van der Waals surface area contributed by atoms with E-state index in [1.54, 1.807) is 12.1 Å². The van der Waals surface area contributed by atoms with Crippen LogP contribution in [-0.4, -0.2) is 65.7 Å². The van der Waals surface area contributed by atoms with Gasteiger partial charge in [-0.3, -0.25) is 24.5 Å². The molecule has 0 atom stereocenters. The lowest BCUT2D eigenvalue weighted by Gasteiger charge is -2.33. The number of non-ortho nitro benzene ring substituents is 1. The number of furan rings is 1. The number of hydrogen-bond donors (Lipinski definition) is 1. The highest BCUT2D eigenvalue weighted by molar-refractivity contribution is 6.39. The van der Waals surface area contributed by atoms with Gasteiger partial charge in [-0.15, -0.1) is 0 Å². The lowest BCUT2D eigenvalue weighted by molar-refractivity contribution is -0.384. The Morgan fingerprint density at radius 2 is 1.83 bits per heavy atom. The van der Waals surface area contributed by atoms with Crippen molar-refractivity contribution >= 4 is 29.1 Å². The van der Waals surface area contributed by atoms with Gasteiger partial charge < -0.3 is 24.3 Å². The van der Waals surface area contributed by atoms with Crippen LogP contribution >= 0.6 is 0 Å². The number of anilines is 1. The molecule has 152 valence electrons. The number of benzene rings is 1. The van der Waals surface area contributed by atoms with Crippen LogP contribution in [0.15, 0.2) is 41.0 Å². The molecule has 1 saturated heterocycles. The van der Waals surface area contributed by atoms with E-state index in [2.05, 4.69) is 5.32 Å². The number of nitro benzene ring substituents is 1. The van der Waals surface area contributed by atoms with E-state index in [4.69, 9.17) is 9.15 Å². The van der Waals surface area contributed by atoms with Crippen molar-refractivity contribution in [3.8, 4) is 5.75 Å². The summed E-state index contributed by atoms with van der Waals surface area (Å²) in [5, 5.41) is 13.3. The molecule has 11 nitrogen and oxygen atoms in total. The smallest absolute Gasteiger partial charge is 0.314 e. The number of amides is 3. The van der Waals surface area contributed by atoms with E-state index in [0.717, 1.165) is 6.07 Å². The third-order valence-corrected chi connectivity index (χ3v) is 4.42. The predicted molar refractivity (Wildman–Crippen MR) is 99.5 cm³/mol. The fourth-order valence-corrected chi connectivity index (χ4v) is 2.90. The van der Waals surface area contributed by atoms with E-state index in [9.17, 15) is 24.5 Å². The highest BCUT2D eigenvalue weighted by atomic mass is 16.6. The van der Waals surface area contributed by atoms with Gasteiger partial charge in [-0.1, -0.05) is 0 Å². The van der Waals surface area contributed by atoms with Crippen molar-refractivity contribution in [2.24, 2.45) is 0 Å². The highest BCUT2D eigenvalue weighted by Gasteiger charge is 2.29. The van der Waals surface area contributed by atoms with Crippen molar-refractivity contribution in [3.63, 3.8) is 0 Å². The van der Waals surface area contributed by atoms with E-state index in [-0.39, 0.29) is 55.0 Å². The minimum absolute atomic E-state index is 0.0201. The zero-order valence-corrected chi connectivity index (χ0v) is 15.5. The molecule has 3 rings (SSSR count). The molecule has 2 aromatic rings. The first-order chi connectivity index (χ1) is 13.9. The van der Waals surface area contributed by atoms with Gasteiger partial charge in [0.05, 0.1) is 24.0 Å². The number of ether oxygens (including phenoxy) is 1. The SMILES string of the molecule is COc1ccc([N+](=O)[O-])cc1NC(=O)C(=O)N1CCN(C(=O)c2ccco2)CC1. The van der Waals surface area contributed by atoms with Gasteiger partial charge in [-0.2, -0.15) is 0 Å². The van der Waals surface area contributed by atoms with Crippen LogP contribution in [0, 0.1) is 10.1 Å². The number of nitro groups is 1. The van der Waals surface area contributed by atoms with Crippen LogP contribution in [0.1, 0.15) is 10.6 Å². The van der Waals surface area contributed by atoms with Crippen molar-refractivity contribution in [1.29, 1.82) is 0 Å². The largest absolute Gasteiger partial charge is 0.495 e. The van der Waals surface area contributed by atoms with Gasteiger partial charge in [0.1, 0.15) is 5.75 Å². The van der Waals surface area contributed by atoms with Gasteiger partial charge in [-0.05, 0) is 18.2 Å². The summed E-state index contributed by atoms with van der Waals surface area (Å²) < 4.78 is 10.1. The van der Waals surface area contributed by atoms with Crippen LogP contribution in [0.4, 0.5) is 11.4 Å². The Morgan fingerprint density at radius 3 is 2.41 bits per heavy atom. The molecule has 1 aromatic heterocycles. The summed E-state index contributed by atoms with van der Waals surface area (Å²) in [6.45, 7) is 0.840. The van der Waals surface area contributed by atoms with Crippen LogP contribution in [-0.2, 0) is 9.59 Å². The summed E-state index contributed by atoms with van der Waals surface area (Å²) in [5.41, 5.74) is -0.231. The third-order valence-electron chi connectivity index (χ3n) is 4.42. The molecule has 1 fully saturated rings. The second-order valence-electron chi connectivity index (χ2n) is 6.16. The summed E-state index contributed by atoms with van der Waals surface area (Å²) >= 11 is 0. The molecule has 29 heavy (non-hydrogen) atoms. The molecule has 1 aliphatic rings. The number of carbonyl (C=O) groups is 3. The molecular formula is C18H18N4O7. The normalized spacial score (nSPS) is 13.7. The van der Waals surface area contributed by atoms with Gasteiger partial charge in [0.2, 0.25) is 0 Å². The quantitative estimate of drug-likeness (QED) is 0.460. The summed E-state index contributed by atoms with van der Waals surface area (Å²) in [6.07, 6.45) is 1.40. The van der Waals surface area contributed by atoms with Gasteiger partial charge in [0, 0.05) is 38.3 Å². The Labute approximate surface area is 165 Å². The minimum Gasteiger partial charge on any atom is -0.495 e. The highest BCUT2D eigenvalue weighted by Crippen LogP contribution is 2.28. The maximum atomic E-state index is 12.4. The second kappa shape index (κ2) is 8.42. The predicted octanol–water partition coefficient (Wildman–Crippen LogP) is 1.12. The van der Waals surface area contributed by atoms with E-state index in [1.165, 1.54) is 35.3 Å². The van der Waals surface area contributed by atoms with E-state index in [1.807, 2.05) is 0 Å². The zero-order chi connectivity index (χ0) is 21.0. The molecule has 2 heterocycles. The number of rotatable bonds is 4. The molecule has 0 saturated carbocycles. The second-order valence-corrected chi connectivity index (χ2v) is 6.16. The number of hydrogen-bond acceptors (Lipinski definition) is 7. The van der Waals surface area contributed by atoms with E-state index >= 15 is 0 Å². The van der Waals surface area contributed by atoms with Crippen LogP contribution in [0.5, 0.6) is 5.75 Å². The summed E-state index contributed by atoms with van der Waals surface area (Å²) in [4.78, 5) is 50.2. The molecule has 0 spiro atoms. The summed E-state index contributed by atoms with van der Waals surface area (Å²) in [5.74, 6) is -1.64. The van der Waals surface area contributed by atoms with Crippen molar-refractivity contribution < 1.29 is 28.5 Å². The molecule has 1 N–H and O–H groups in total. The topological polar surface area (TPSA) is 135 Å². The van der Waals surface area contributed by atoms with Gasteiger partial charge >= 0.3 is 11.8 Å². The first-order valence-corrected chi connectivity index (χ1v) is 8.66. The number of methoxy groups -OCH3 is 1. The maximum Gasteiger partial charge on any atom is 0.314 e. The van der Waals surface area contributed by atoms with Crippen molar-refractivity contribution in [3.05, 3.63) is 52.5 Å². The van der Waals surface area contributed by atoms with Gasteiger partial charge in [0.15, 0.2) is 5.76 Å². The van der Waals surface area contributed by atoms with Crippen molar-refractivity contribution in [2.45, 2.75) is 0 Å². The van der Waals surface area contributed by atoms with Crippen LogP contribution in [0.25, 0.3) is 0 Å². The fraction of sp³-hybridized carbons (Fsp3) is 0.278. The Kier molecular flexibility index (Phi) is 5.77. The lowest BCUT2D eigenvalue weighted by Crippen LogP contribution is -2.52. The molecule has 11 heteroatoms. The number of carbonyl (C=O) groups excluding carboxylic acids is 3. The fourth-order valence-electron chi connectivity index (χ4n) is 2.90. The van der Waals surface area contributed by atoms with Gasteiger partial charge in [0.25, 0.3) is 11.6 Å². The van der Waals surface area contributed by atoms with Crippen LogP contribution in [0.3, 0.4) is 0 Å². The number of piperazine rings is 1. The standard InChI is InChI=1S/C18H18N4O7/c1-28-14-5-4-12(22(26)27)11-13(14)19-16(23)18(25)21-8-6-20(7-9-21)17(24)15-3-2-10-29-15/h2-5,10-11H,6-9H2,1H3,(H,19,23). The Morgan fingerprint density at radius 1 is 1.14 bits per heavy atom. The lowest BCUT2D eigenvalue weighted by atomic mass is 10.2. The molecule has 3 amide bonds. The number of nitrogens with one attached hydrogen (secondary N) is 1. The van der Waals surface area contributed by atoms with E-state index in [0.29, 0.717) is 0 Å². The Bertz CT molecular complexity index is 934. The monoisotopic (exact) mass is 402 g/mol. The molecule has 0 unspecified atom stereocenters. The zero-order valence-electron chi connectivity index (χ0n) is 15.5. The summed E-state index contributed by atoms with van der Waals surface area (Å²) in [7, 11) is 1.34. The van der Waals surface area contributed by atoms with E-state index < -0.39 is 16.7 Å². The molecule has 0 radical (unpaired) electrons. The first-order valence-electron chi connectivity index (χ1n) is 8.66. The molecule has 0 bridgehead atoms. The average Bonchev–Trinajstić information content (AvgIpc) is 3.27. The third kappa shape index (κ3) is 4.34. The molecule has 1 aromatic carbocycles. The van der Waals surface area contributed by atoms with Gasteiger partial charge in [-0.25, -0.2) is 0 Å². The summed E-state index contributed by atoms with van der Waals surface area (Å²) in [6, 6.07) is 6.84.